The molecule has 6 nitrogen and oxygen atoms in total. The minimum atomic E-state index is -0.261. The van der Waals surface area contributed by atoms with Gasteiger partial charge in [-0.15, -0.1) is 12.4 Å². The Morgan fingerprint density at radius 1 is 1.30 bits per heavy atom. The lowest BCUT2D eigenvalue weighted by atomic mass is 9.95. The molecule has 1 aliphatic rings. The second-order valence-corrected chi connectivity index (χ2v) is 6.63. The third-order valence-corrected chi connectivity index (χ3v) is 4.68. The van der Waals surface area contributed by atoms with Gasteiger partial charge in [-0.25, -0.2) is 4.39 Å². The molecule has 1 aliphatic heterocycles. The van der Waals surface area contributed by atoms with E-state index in [1.54, 1.807) is 25.0 Å². The molecular weight excluding hydrogens is 373 g/mol. The number of carbonyl (C=O) groups is 2. The van der Waals surface area contributed by atoms with Gasteiger partial charge in [-0.3, -0.25) is 9.59 Å². The number of halogens is 2. The number of carbonyl (C=O) groups excluding carboxylic acids is 2. The third kappa shape index (κ3) is 7.44. The number of amides is 2. The molecule has 0 unspecified atom stereocenters. The van der Waals surface area contributed by atoms with Gasteiger partial charge >= 0.3 is 0 Å². The van der Waals surface area contributed by atoms with Crippen molar-refractivity contribution >= 4 is 24.2 Å². The highest BCUT2D eigenvalue weighted by molar-refractivity contribution is 5.85. The summed E-state index contributed by atoms with van der Waals surface area (Å²) in [5.41, 5.74) is 1.34. The van der Waals surface area contributed by atoms with E-state index in [2.05, 4.69) is 10.6 Å². The van der Waals surface area contributed by atoms with Crippen LogP contribution in [0.15, 0.2) is 18.2 Å². The molecule has 27 heavy (non-hydrogen) atoms. The molecule has 8 heteroatoms. The smallest absolute Gasteiger partial charge is 0.236 e. The van der Waals surface area contributed by atoms with E-state index >= 15 is 0 Å². The van der Waals surface area contributed by atoms with Crippen LogP contribution in [-0.2, 0) is 20.9 Å². The fourth-order valence-electron chi connectivity index (χ4n) is 2.95. The molecule has 1 aromatic rings. The van der Waals surface area contributed by atoms with Gasteiger partial charge in [0.2, 0.25) is 11.8 Å². The van der Waals surface area contributed by atoms with Crippen LogP contribution in [0, 0.1) is 18.7 Å². The van der Waals surface area contributed by atoms with Crippen LogP contribution in [0.25, 0.3) is 0 Å². The van der Waals surface area contributed by atoms with Gasteiger partial charge < -0.3 is 20.3 Å². The van der Waals surface area contributed by atoms with Crippen LogP contribution in [0.4, 0.5) is 4.39 Å². The molecule has 0 atom stereocenters. The maximum atomic E-state index is 13.5. The van der Waals surface area contributed by atoms with Crippen molar-refractivity contribution in [3.05, 3.63) is 35.1 Å². The van der Waals surface area contributed by atoms with E-state index in [4.69, 9.17) is 4.74 Å². The topological polar surface area (TPSA) is 70.7 Å². The Labute approximate surface area is 166 Å². The maximum Gasteiger partial charge on any atom is 0.236 e. The average molecular weight is 402 g/mol. The number of benzene rings is 1. The first-order valence-corrected chi connectivity index (χ1v) is 9.01. The van der Waals surface area contributed by atoms with Crippen molar-refractivity contribution in [3.63, 3.8) is 0 Å². The summed E-state index contributed by atoms with van der Waals surface area (Å²) in [7, 11) is 1.62. The number of aryl methyl sites for hydroxylation is 1. The fourth-order valence-corrected chi connectivity index (χ4v) is 2.95. The fraction of sp³-hybridized carbons (Fsp3) is 0.579. The van der Waals surface area contributed by atoms with E-state index in [-0.39, 0.29) is 36.0 Å². The molecule has 0 spiro atoms. The third-order valence-electron chi connectivity index (χ3n) is 4.68. The van der Waals surface area contributed by atoms with Crippen LogP contribution >= 0.6 is 12.4 Å². The average Bonchev–Trinajstić information content (AvgIpc) is 2.66. The number of hydrogen-bond acceptors (Lipinski definition) is 4. The second kappa shape index (κ2) is 11.9. The van der Waals surface area contributed by atoms with Gasteiger partial charge in [-0.2, -0.15) is 0 Å². The Morgan fingerprint density at radius 3 is 2.63 bits per heavy atom. The molecule has 2 rings (SSSR count). The van der Waals surface area contributed by atoms with Crippen molar-refractivity contribution in [1.82, 2.24) is 15.5 Å². The van der Waals surface area contributed by atoms with Crippen LogP contribution in [0.1, 0.15) is 24.0 Å². The monoisotopic (exact) mass is 401 g/mol. The normalized spacial score (nSPS) is 14.6. The number of methoxy groups -OCH3 is 1. The summed E-state index contributed by atoms with van der Waals surface area (Å²) in [4.78, 5) is 26.2. The number of likely N-dealkylation sites (tertiary alicyclic amines) is 1. The standard InChI is InChI=1S/C19H28FN3O3.ClH/c1-14-3-4-15(11-17(14)20)12-22-19(25)16-5-8-23(9-6-16)18(24)13-21-7-10-26-2;/h3-4,11,16,21H,5-10,12-13H2,1-2H3,(H,22,25);1H. The minimum Gasteiger partial charge on any atom is -0.383 e. The van der Waals surface area contributed by atoms with E-state index in [1.165, 1.54) is 6.07 Å². The summed E-state index contributed by atoms with van der Waals surface area (Å²) < 4.78 is 18.5. The molecule has 1 saturated heterocycles. The lowest BCUT2D eigenvalue weighted by Crippen LogP contribution is -2.46. The quantitative estimate of drug-likeness (QED) is 0.650. The predicted molar refractivity (Wildman–Crippen MR) is 104 cm³/mol. The summed E-state index contributed by atoms with van der Waals surface area (Å²) >= 11 is 0. The minimum absolute atomic E-state index is 0. The zero-order valence-corrected chi connectivity index (χ0v) is 16.7. The Balaban J connectivity index is 0.00000364. The van der Waals surface area contributed by atoms with E-state index in [1.807, 2.05) is 6.07 Å². The number of hydrogen-bond donors (Lipinski definition) is 2. The van der Waals surface area contributed by atoms with Crippen LogP contribution in [0.2, 0.25) is 0 Å². The van der Waals surface area contributed by atoms with Crippen LogP contribution in [0.5, 0.6) is 0 Å². The zero-order valence-electron chi connectivity index (χ0n) is 15.9. The molecular formula is C19H29ClFN3O3. The van der Waals surface area contributed by atoms with Gasteiger partial charge in [-0.1, -0.05) is 12.1 Å². The molecule has 152 valence electrons. The molecule has 0 aliphatic carbocycles. The summed E-state index contributed by atoms with van der Waals surface area (Å²) in [6.07, 6.45) is 1.30. The van der Waals surface area contributed by atoms with Gasteiger partial charge in [0.15, 0.2) is 0 Å². The Kier molecular flexibility index (Phi) is 10.3. The number of nitrogens with zero attached hydrogens (tertiary/aromatic N) is 1. The zero-order chi connectivity index (χ0) is 18.9. The van der Waals surface area contributed by atoms with Crippen LogP contribution < -0.4 is 10.6 Å². The number of ether oxygens (including phenoxy) is 1. The molecule has 1 heterocycles. The van der Waals surface area contributed by atoms with Crippen molar-refractivity contribution in [2.24, 2.45) is 5.92 Å². The number of piperidine rings is 1. The molecule has 0 radical (unpaired) electrons. The van der Waals surface area contributed by atoms with Gasteiger partial charge in [0.25, 0.3) is 0 Å². The summed E-state index contributed by atoms with van der Waals surface area (Å²) in [6, 6.07) is 4.98. The van der Waals surface area contributed by atoms with Gasteiger partial charge in [0.1, 0.15) is 5.82 Å². The largest absolute Gasteiger partial charge is 0.383 e. The van der Waals surface area contributed by atoms with Crippen molar-refractivity contribution in [2.75, 3.05) is 39.9 Å². The molecule has 2 N–H and O–H groups in total. The Bertz CT molecular complexity index is 622. The van der Waals surface area contributed by atoms with E-state index in [0.717, 1.165) is 5.56 Å². The second-order valence-electron chi connectivity index (χ2n) is 6.63. The number of nitrogens with one attached hydrogen (secondary N) is 2. The van der Waals surface area contributed by atoms with Crippen molar-refractivity contribution in [2.45, 2.75) is 26.3 Å². The van der Waals surface area contributed by atoms with E-state index in [0.29, 0.717) is 57.7 Å². The highest BCUT2D eigenvalue weighted by Gasteiger charge is 2.26. The van der Waals surface area contributed by atoms with Crippen molar-refractivity contribution < 1.29 is 18.7 Å². The molecule has 1 fully saturated rings. The van der Waals surface area contributed by atoms with Gasteiger partial charge in [0.05, 0.1) is 13.2 Å². The summed E-state index contributed by atoms with van der Waals surface area (Å²) in [5.74, 6) is -0.343. The highest BCUT2D eigenvalue weighted by Crippen LogP contribution is 2.18. The van der Waals surface area contributed by atoms with Crippen molar-refractivity contribution in [3.8, 4) is 0 Å². The molecule has 0 aromatic heterocycles. The highest BCUT2D eigenvalue weighted by atomic mass is 35.5. The first-order chi connectivity index (χ1) is 12.5. The van der Waals surface area contributed by atoms with Gasteiger partial charge in [-0.05, 0) is 37.0 Å². The first-order valence-electron chi connectivity index (χ1n) is 9.01. The summed E-state index contributed by atoms with van der Waals surface area (Å²) in [6.45, 7) is 4.70. The lowest BCUT2D eigenvalue weighted by Gasteiger charge is -2.31. The van der Waals surface area contributed by atoms with E-state index in [9.17, 15) is 14.0 Å². The van der Waals surface area contributed by atoms with Crippen LogP contribution in [-0.4, -0.2) is 56.6 Å². The lowest BCUT2D eigenvalue weighted by molar-refractivity contribution is -0.135. The molecule has 0 bridgehead atoms. The molecule has 0 saturated carbocycles. The molecule has 2 amide bonds. The van der Waals surface area contributed by atoms with Gasteiger partial charge in [0, 0.05) is 39.2 Å². The van der Waals surface area contributed by atoms with Crippen LogP contribution in [0.3, 0.4) is 0 Å². The van der Waals surface area contributed by atoms with Crippen molar-refractivity contribution in [1.29, 1.82) is 0 Å². The SMILES string of the molecule is COCCNCC(=O)N1CCC(C(=O)NCc2ccc(C)c(F)c2)CC1.Cl. The van der Waals surface area contributed by atoms with E-state index < -0.39 is 0 Å². The predicted octanol–water partition coefficient (Wildman–Crippen LogP) is 1.65. The first kappa shape index (κ1) is 23.3. The number of rotatable bonds is 8. The molecule has 1 aromatic carbocycles. The Hall–Kier alpha value is -1.70. The summed E-state index contributed by atoms with van der Waals surface area (Å²) in [5, 5.41) is 5.91. The Morgan fingerprint density at radius 2 is 2.00 bits per heavy atom. The maximum absolute atomic E-state index is 13.5.